The maximum absolute atomic E-state index is 12.4. The van der Waals surface area contributed by atoms with Gasteiger partial charge in [-0.1, -0.05) is 19.8 Å². The predicted molar refractivity (Wildman–Crippen MR) is 75.0 cm³/mol. The summed E-state index contributed by atoms with van der Waals surface area (Å²) < 4.78 is 23.0. The molecule has 0 aromatic heterocycles. The van der Waals surface area contributed by atoms with E-state index >= 15 is 0 Å². The largest absolute Gasteiger partial charge is 0.330 e. The van der Waals surface area contributed by atoms with Crippen molar-refractivity contribution in [2.24, 2.45) is 11.8 Å². The predicted octanol–water partition coefficient (Wildman–Crippen LogP) is 0.306. The van der Waals surface area contributed by atoms with Gasteiger partial charge in [-0.3, -0.25) is 19.8 Å². The Bertz CT molecular complexity index is 551. The van der Waals surface area contributed by atoms with Gasteiger partial charge in [0.15, 0.2) is 9.84 Å². The smallest absolute Gasteiger partial charge is 0.277 e. The van der Waals surface area contributed by atoms with E-state index in [2.05, 4.69) is 5.32 Å². The summed E-state index contributed by atoms with van der Waals surface area (Å²) in [5.74, 6) is -2.31. The third-order valence-corrected chi connectivity index (χ3v) is 5.91. The summed E-state index contributed by atoms with van der Waals surface area (Å²) in [6.45, 7) is 1.32. The highest BCUT2D eigenvalue weighted by molar-refractivity contribution is 7.91. The topological polar surface area (TPSA) is 101 Å². The maximum atomic E-state index is 12.4. The van der Waals surface area contributed by atoms with E-state index in [0.29, 0.717) is 0 Å². The molecule has 4 amide bonds. The van der Waals surface area contributed by atoms with E-state index in [1.54, 1.807) is 0 Å². The molecule has 1 heterocycles. The summed E-state index contributed by atoms with van der Waals surface area (Å²) in [6.07, 6.45) is 3.53. The molecule has 0 bridgehead atoms. The monoisotopic (exact) mass is 316 g/mol. The standard InChI is InChI=1S/C13H20N2O5S/c1-2-21(19,20)8-7-15-12(17)10(9-5-3-4-6-9)11(16)14-13(15)18/h9-10H,2-8H2,1H3,(H,14,16,18). The number of rotatable bonds is 5. The molecular formula is C13H20N2O5S. The molecule has 21 heavy (non-hydrogen) atoms. The van der Waals surface area contributed by atoms with Crippen LogP contribution in [0.2, 0.25) is 0 Å². The third kappa shape index (κ3) is 3.42. The first kappa shape index (κ1) is 15.9. The van der Waals surface area contributed by atoms with Crippen LogP contribution in [0.15, 0.2) is 0 Å². The van der Waals surface area contributed by atoms with Gasteiger partial charge in [0.25, 0.3) is 0 Å². The Morgan fingerprint density at radius 3 is 2.38 bits per heavy atom. The molecule has 1 N–H and O–H groups in total. The van der Waals surface area contributed by atoms with Crippen LogP contribution in [-0.4, -0.2) is 49.2 Å². The average molecular weight is 316 g/mol. The number of amides is 4. The van der Waals surface area contributed by atoms with Gasteiger partial charge in [-0.05, 0) is 18.8 Å². The number of barbiturate groups is 1. The quantitative estimate of drug-likeness (QED) is 0.736. The fraction of sp³-hybridized carbons (Fsp3) is 0.769. The number of nitrogens with zero attached hydrogens (tertiary/aromatic N) is 1. The number of hydrogen-bond donors (Lipinski definition) is 1. The number of hydrogen-bond acceptors (Lipinski definition) is 5. The van der Waals surface area contributed by atoms with Crippen molar-refractivity contribution in [2.45, 2.75) is 32.6 Å². The van der Waals surface area contributed by atoms with Crippen LogP contribution >= 0.6 is 0 Å². The fourth-order valence-corrected chi connectivity index (χ4v) is 3.67. The van der Waals surface area contributed by atoms with E-state index < -0.39 is 33.6 Å². The normalized spacial score (nSPS) is 24.5. The summed E-state index contributed by atoms with van der Waals surface area (Å²) in [6, 6.07) is -0.814. The van der Waals surface area contributed by atoms with Crippen LogP contribution in [0, 0.1) is 11.8 Å². The van der Waals surface area contributed by atoms with Gasteiger partial charge in [0.2, 0.25) is 11.8 Å². The number of urea groups is 1. The molecule has 0 aromatic carbocycles. The van der Waals surface area contributed by atoms with Gasteiger partial charge in [-0.15, -0.1) is 0 Å². The second kappa shape index (κ2) is 6.13. The fourth-order valence-electron chi connectivity index (χ4n) is 2.92. The number of carbonyl (C=O) groups excluding carboxylic acids is 3. The molecule has 118 valence electrons. The van der Waals surface area contributed by atoms with E-state index in [4.69, 9.17) is 0 Å². The van der Waals surface area contributed by atoms with Crippen LogP contribution in [0.1, 0.15) is 32.6 Å². The van der Waals surface area contributed by atoms with Gasteiger partial charge in [0.05, 0.1) is 5.75 Å². The molecule has 0 radical (unpaired) electrons. The summed E-state index contributed by atoms with van der Waals surface area (Å²) in [4.78, 5) is 36.9. The Balaban J connectivity index is 2.11. The van der Waals surface area contributed by atoms with Gasteiger partial charge in [0, 0.05) is 12.3 Å². The SMILES string of the molecule is CCS(=O)(=O)CCN1C(=O)NC(=O)C(C2CCCC2)C1=O. The highest BCUT2D eigenvalue weighted by Crippen LogP contribution is 2.33. The van der Waals surface area contributed by atoms with Gasteiger partial charge in [0.1, 0.15) is 5.92 Å². The molecule has 1 aliphatic carbocycles. The van der Waals surface area contributed by atoms with Gasteiger partial charge < -0.3 is 0 Å². The summed E-state index contributed by atoms with van der Waals surface area (Å²) >= 11 is 0. The summed E-state index contributed by atoms with van der Waals surface area (Å²) in [5, 5.41) is 2.17. The van der Waals surface area contributed by atoms with Crippen molar-refractivity contribution in [1.29, 1.82) is 0 Å². The van der Waals surface area contributed by atoms with E-state index in [1.807, 2.05) is 0 Å². The Hall–Kier alpha value is -1.44. The lowest BCUT2D eigenvalue weighted by molar-refractivity contribution is -0.144. The van der Waals surface area contributed by atoms with E-state index in [-0.39, 0.29) is 24.0 Å². The van der Waals surface area contributed by atoms with Crippen LogP contribution < -0.4 is 5.32 Å². The first-order chi connectivity index (χ1) is 9.85. The lowest BCUT2D eigenvalue weighted by atomic mass is 9.87. The zero-order valence-corrected chi connectivity index (χ0v) is 12.8. The molecule has 7 nitrogen and oxygen atoms in total. The van der Waals surface area contributed by atoms with Crippen LogP contribution in [0.4, 0.5) is 4.79 Å². The zero-order chi connectivity index (χ0) is 15.6. The molecule has 2 rings (SSSR count). The molecule has 1 unspecified atom stereocenters. The molecule has 2 fully saturated rings. The number of carbonyl (C=O) groups is 3. The highest BCUT2D eigenvalue weighted by atomic mass is 32.2. The Morgan fingerprint density at radius 1 is 1.19 bits per heavy atom. The Kier molecular flexibility index (Phi) is 4.65. The van der Waals surface area contributed by atoms with E-state index in [1.165, 1.54) is 6.92 Å². The van der Waals surface area contributed by atoms with Crippen molar-refractivity contribution >= 4 is 27.7 Å². The molecule has 1 saturated heterocycles. The van der Waals surface area contributed by atoms with E-state index in [0.717, 1.165) is 30.6 Å². The second-order valence-corrected chi connectivity index (χ2v) is 8.02. The zero-order valence-electron chi connectivity index (χ0n) is 12.0. The first-order valence-electron chi connectivity index (χ1n) is 7.22. The molecule has 1 atom stereocenters. The molecule has 1 saturated carbocycles. The van der Waals surface area contributed by atoms with Gasteiger partial charge >= 0.3 is 6.03 Å². The van der Waals surface area contributed by atoms with Gasteiger partial charge in [-0.2, -0.15) is 0 Å². The van der Waals surface area contributed by atoms with Crippen molar-refractivity contribution in [2.75, 3.05) is 18.1 Å². The van der Waals surface area contributed by atoms with Crippen LogP contribution in [0.3, 0.4) is 0 Å². The Morgan fingerprint density at radius 2 is 1.81 bits per heavy atom. The van der Waals surface area contributed by atoms with Crippen LogP contribution in [0.5, 0.6) is 0 Å². The lowest BCUT2D eigenvalue weighted by Gasteiger charge is -2.32. The minimum absolute atomic E-state index is 0.0400. The second-order valence-electron chi connectivity index (χ2n) is 5.54. The van der Waals surface area contributed by atoms with Crippen molar-refractivity contribution in [3.63, 3.8) is 0 Å². The Labute approximate surface area is 124 Å². The molecule has 0 aromatic rings. The lowest BCUT2D eigenvalue weighted by Crippen LogP contribution is -2.60. The van der Waals surface area contributed by atoms with Crippen molar-refractivity contribution in [3.05, 3.63) is 0 Å². The number of nitrogens with one attached hydrogen (secondary N) is 1. The molecule has 0 spiro atoms. The molecule has 2 aliphatic rings. The molecular weight excluding hydrogens is 296 g/mol. The van der Waals surface area contributed by atoms with Crippen molar-refractivity contribution < 1.29 is 22.8 Å². The third-order valence-electron chi connectivity index (χ3n) is 4.23. The average Bonchev–Trinajstić information content (AvgIpc) is 2.91. The summed E-state index contributed by atoms with van der Waals surface area (Å²) in [5.41, 5.74) is 0. The molecule has 8 heteroatoms. The summed E-state index contributed by atoms with van der Waals surface area (Å²) in [7, 11) is -3.27. The first-order valence-corrected chi connectivity index (χ1v) is 9.04. The van der Waals surface area contributed by atoms with Crippen molar-refractivity contribution in [3.8, 4) is 0 Å². The van der Waals surface area contributed by atoms with E-state index in [9.17, 15) is 22.8 Å². The maximum Gasteiger partial charge on any atom is 0.330 e. The minimum atomic E-state index is -3.27. The number of imide groups is 2. The molecule has 1 aliphatic heterocycles. The highest BCUT2D eigenvalue weighted by Gasteiger charge is 2.45. The van der Waals surface area contributed by atoms with Crippen molar-refractivity contribution in [1.82, 2.24) is 10.2 Å². The van der Waals surface area contributed by atoms with Gasteiger partial charge in [-0.25, -0.2) is 13.2 Å². The minimum Gasteiger partial charge on any atom is -0.277 e. The van der Waals surface area contributed by atoms with Crippen LogP contribution in [0.25, 0.3) is 0 Å². The number of sulfone groups is 1. The van der Waals surface area contributed by atoms with Crippen LogP contribution in [-0.2, 0) is 19.4 Å².